The van der Waals surface area contributed by atoms with E-state index < -0.39 is 6.03 Å². The highest BCUT2D eigenvalue weighted by atomic mass is 16.5. The minimum Gasteiger partial charge on any atom is -0.496 e. The van der Waals surface area contributed by atoms with Crippen LogP contribution in [0.3, 0.4) is 0 Å². The van der Waals surface area contributed by atoms with Gasteiger partial charge in [0.15, 0.2) is 0 Å². The van der Waals surface area contributed by atoms with Crippen molar-refractivity contribution in [3.05, 3.63) is 42.4 Å². The first-order valence-electron chi connectivity index (χ1n) is 5.52. The normalized spacial score (nSPS) is 10.4. The van der Waals surface area contributed by atoms with Crippen LogP contribution in [0.4, 0.5) is 10.7 Å². The summed E-state index contributed by atoms with van der Waals surface area (Å²) < 4.78 is 5.19. The number of benzene rings is 1. The van der Waals surface area contributed by atoms with Crippen LogP contribution in [0.25, 0.3) is 6.08 Å². The van der Waals surface area contributed by atoms with E-state index in [1.54, 1.807) is 13.2 Å². The third-order valence-electron chi connectivity index (χ3n) is 2.26. The first-order valence-corrected chi connectivity index (χ1v) is 5.52. The van der Waals surface area contributed by atoms with Gasteiger partial charge >= 0.3 is 6.03 Å². The molecule has 0 bridgehead atoms. The fraction of sp³-hybridized carbons (Fsp3) is 0.0833. The molecule has 7 heteroatoms. The number of H-pyrrole nitrogens is 1. The Morgan fingerprint density at radius 3 is 3.00 bits per heavy atom. The van der Waals surface area contributed by atoms with Gasteiger partial charge in [-0.15, -0.1) is 0 Å². The Bertz CT molecular complexity index is 565. The number of aromatic nitrogens is 3. The van der Waals surface area contributed by atoms with Gasteiger partial charge in [-0.2, -0.15) is 10.1 Å². The maximum atomic E-state index is 11.5. The number of hydrogen-bond donors (Lipinski definition) is 3. The van der Waals surface area contributed by atoms with Crippen LogP contribution in [0, 0.1) is 0 Å². The van der Waals surface area contributed by atoms with Crippen molar-refractivity contribution in [3.8, 4) is 5.75 Å². The molecule has 98 valence electrons. The van der Waals surface area contributed by atoms with Gasteiger partial charge in [-0.3, -0.25) is 5.32 Å². The van der Waals surface area contributed by atoms with Gasteiger partial charge < -0.3 is 10.1 Å². The summed E-state index contributed by atoms with van der Waals surface area (Å²) in [6.45, 7) is 0. The van der Waals surface area contributed by atoms with Crippen LogP contribution in [0.1, 0.15) is 5.56 Å². The minimum atomic E-state index is -0.414. The lowest BCUT2D eigenvalue weighted by Gasteiger charge is -2.04. The van der Waals surface area contributed by atoms with Crippen molar-refractivity contribution >= 4 is 18.1 Å². The maximum Gasteiger partial charge on any atom is 0.325 e. The van der Waals surface area contributed by atoms with Crippen molar-refractivity contribution in [1.82, 2.24) is 20.5 Å². The summed E-state index contributed by atoms with van der Waals surface area (Å²) in [5.41, 5.74) is 0.866. The van der Waals surface area contributed by atoms with Crippen LogP contribution < -0.4 is 15.4 Å². The molecule has 19 heavy (non-hydrogen) atoms. The van der Waals surface area contributed by atoms with Crippen LogP contribution in [0.2, 0.25) is 0 Å². The molecule has 0 aliphatic heterocycles. The molecule has 2 rings (SSSR count). The average molecular weight is 259 g/mol. The molecule has 7 nitrogen and oxygen atoms in total. The fourth-order valence-electron chi connectivity index (χ4n) is 1.42. The molecule has 2 amide bonds. The summed E-state index contributed by atoms with van der Waals surface area (Å²) in [5, 5.41) is 11.2. The Labute approximate surface area is 109 Å². The lowest BCUT2D eigenvalue weighted by atomic mass is 10.2. The van der Waals surface area contributed by atoms with Crippen molar-refractivity contribution in [3.63, 3.8) is 0 Å². The average Bonchev–Trinajstić information content (AvgIpc) is 2.92. The molecule has 0 aliphatic rings. The van der Waals surface area contributed by atoms with E-state index in [-0.39, 0.29) is 5.95 Å². The monoisotopic (exact) mass is 259 g/mol. The van der Waals surface area contributed by atoms with E-state index in [9.17, 15) is 4.79 Å². The highest BCUT2D eigenvalue weighted by Gasteiger charge is 2.01. The number of aromatic amines is 1. The SMILES string of the molecule is COc1ccccc1/C=C/NC(=O)Nc1ncn[nH]1. The lowest BCUT2D eigenvalue weighted by Crippen LogP contribution is -2.24. The van der Waals surface area contributed by atoms with Gasteiger partial charge in [0.2, 0.25) is 5.95 Å². The molecule has 0 atom stereocenters. The number of rotatable bonds is 4. The molecule has 0 radical (unpaired) electrons. The second kappa shape index (κ2) is 6.20. The van der Waals surface area contributed by atoms with Gasteiger partial charge in [0.05, 0.1) is 7.11 Å². The van der Waals surface area contributed by atoms with Crippen LogP contribution in [0.15, 0.2) is 36.8 Å². The molecule has 0 aliphatic carbocycles. The number of methoxy groups -OCH3 is 1. The van der Waals surface area contributed by atoms with Gasteiger partial charge in [0.25, 0.3) is 0 Å². The largest absolute Gasteiger partial charge is 0.496 e. The molecule has 1 heterocycles. The van der Waals surface area contributed by atoms with Crippen molar-refractivity contribution < 1.29 is 9.53 Å². The molecule has 0 fully saturated rings. The smallest absolute Gasteiger partial charge is 0.325 e. The molecular formula is C12H13N5O2. The lowest BCUT2D eigenvalue weighted by molar-refractivity contribution is 0.255. The summed E-state index contributed by atoms with van der Waals surface area (Å²) >= 11 is 0. The van der Waals surface area contributed by atoms with Gasteiger partial charge in [-0.05, 0) is 12.1 Å². The molecule has 0 unspecified atom stereocenters. The first-order chi connectivity index (χ1) is 9.29. The fourth-order valence-corrected chi connectivity index (χ4v) is 1.42. The summed E-state index contributed by atoms with van der Waals surface area (Å²) in [6, 6.07) is 7.07. The number of anilines is 1. The number of carbonyl (C=O) groups is 1. The Morgan fingerprint density at radius 1 is 1.42 bits per heavy atom. The van der Waals surface area contributed by atoms with E-state index in [1.165, 1.54) is 12.5 Å². The zero-order valence-electron chi connectivity index (χ0n) is 10.3. The van der Waals surface area contributed by atoms with Gasteiger partial charge in [-0.1, -0.05) is 18.2 Å². The van der Waals surface area contributed by atoms with Crippen molar-refractivity contribution in [2.24, 2.45) is 0 Å². The standard InChI is InChI=1S/C12H13N5O2/c1-19-10-5-3-2-4-9(10)6-7-13-12(18)16-11-14-8-15-17-11/h2-8H,1H3,(H3,13,14,15,16,17,18)/b7-6+. The molecule has 0 saturated carbocycles. The summed E-state index contributed by atoms with van der Waals surface area (Å²) in [6.07, 6.45) is 4.56. The predicted octanol–water partition coefficient (Wildman–Crippen LogP) is 1.61. The van der Waals surface area contributed by atoms with Crippen LogP contribution >= 0.6 is 0 Å². The summed E-state index contributed by atoms with van der Waals surface area (Å²) in [4.78, 5) is 15.2. The van der Waals surface area contributed by atoms with E-state index >= 15 is 0 Å². The number of para-hydroxylation sites is 1. The van der Waals surface area contributed by atoms with Crippen molar-refractivity contribution in [1.29, 1.82) is 0 Å². The van der Waals surface area contributed by atoms with Crippen LogP contribution in [-0.4, -0.2) is 28.3 Å². The Hall–Kier alpha value is -2.83. The third-order valence-corrected chi connectivity index (χ3v) is 2.26. The molecule has 1 aromatic carbocycles. The van der Waals surface area contributed by atoms with Crippen molar-refractivity contribution in [2.75, 3.05) is 12.4 Å². The second-order valence-electron chi connectivity index (χ2n) is 3.51. The summed E-state index contributed by atoms with van der Waals surface area (Å²) in [5.74, 6) is 1.01. The predicted molar refractivity (Wildman–Crippen MR) is 70.6 cm³/mol. The van der Waals surface area contributed by atoms with Crippen molar-refractivity contribution in [2.45, 2.75) is 0 Å². The number of nitrogens with one attached hydrogen (secondary N) is 3. The quantitative estimate of drug-likeness (QED) is 0.777. The number of ether oxygens (including phenoxy) is 1. The Kier molecular flexibility index (Phi) is 4.12. The van der Waals surface area contributed by atoms with E-state index in [2.05, 4.69) is 25.8 Å². The zero-order valence-corrected chi connectivity index (χ0v) is 10.3. The molecule has 3 N–H and O–H groups in total. The molecular weight excluding hydrogens is 246 g/mol. The molecule has 1 aromatic heterocycles. The van der Waals surface area contributed by atoms with Gasteiger partial charge in [0.1, 0.15) is 12.1 Å². The van der Waals surface area contributed by atoms with Gasteiger partial charge in [0, 0.05) is 11.8 Å². The molecule has 0 spiro atoms. The number of amides is 2. The van der Waals surface area contributed by atoms with E-state index in [4.69, 9.17) is 4.74 Å². The van der Waals surface area contributed by atoms with Crippen LogP contribution in [0.5, 0.6) is 5.75 Å². The Balaban J connectivity index is 1.91. The number of hydrogen-bond acceptors (Lipinski definition) is 4. The molecule has 2 aromatic rings. The van der Waals surface area contributed by atoms with Gasteiger partial charge in [-0.25, -0.2) is 9.89 Å². The third kappa shape index (κ3) is 3.56. The van der Waals surface area contributed by atoms with E-state index in [0.717, 1.165) is 11.3 Å². The van der Waals surface area contributed by atoms with E-state index in [1.807, 2.05) is 24.3 Å². The molecule has 0 saturated heterocycles. The number of carbonyl (C=O) groups excluding carboxylic acids is 1. The number of urea groups is 1. The maximum absolute atomic E-state index is 11.5. The van der Waals surface area contributed by atoms with Crippen LogP contribution in [-0.2, 0) is 0 Å². The minimum absolute atomic E-state index is 0.281. The Morgan fingerprint density at radius 2 is 2.26 bits per heavy atom. The topological polar surface area (TPSA) is 91.9 Å². The first kappa shape index (κ1) is 12.6. The highest BCUT2D eigenvalue weighted by Crippen LogP contribution is 2.18. The zero-order chi connectivity index (χ0) is 13.5. The highest BCUT2D eigenvalue weighted by molar-refractivity contribution is 5.88. The second-order valence-corrected chi connectivity index (χ2v) is 3.51. The summed E-state index contributed by atoms with van der Waals surface area (Å²) in [7, 11) is 1.59. The van der Waals surface area contributed by atoms with E-state index in [0.29, 0.717) is 0 Å². The number of nitrogens with zero attached hydrogens (tertiary/aromatic N) is 2.